The Kier molecular flexibility index (Phi) is 4.68. The predicted molar refractivity (Wildman–Crippen MR) is 80.6 cm³/mol. The van der Waals surface area contributed by atoms with Gasteiger partial charge in [-0.25, -0.2) is 4.98 Å². The molecule has 0 spiro atoms. The van der Waals surface area contributed by atoms with Gasteiger partial charge in [0.1, 0.15) is 5.82 Å². The molecule has 100 valence electrons. The molecule has 2 aromatic rings. The zero-order chi connectivity index (χ0) is 14.2. The minimum Gasteiger partial charge on any atom is -0.370 e. The van der Waals surface area contributed by atoms with Crippen LogP contribution in [0.3, 0.4) is 0 Å². The van der Waals surface area contributed by atoms with E-state index in [4.69, 9.17) is 5.26 Å². The fraction of sp³-hybridized carbons (Fsp3) is 0.133. The van der Waals surface area contributed by atoms with Gasteiger partial charge in [-0.15, -0.1) is 0 Å². The number of nitrogens with zero attached hydrogens (tertiary/aromatic N) is 3. The van der Waals surface area contributed by atoms with E-state index in [0.29, 0.717) is 11.8 Å². The molecule has 1 heterocycles. The molecule has 0 aliphatic rings. The van der Waals surface area contributed by atoms with Gasteiger partial charge in [0.05, 0.1) is 6.07 Å². The average molecular weight is 265 g/mol. The summed E-state index contributed by atoms with van der Waals surface area (Å²) in [7, 11) is 0. The third-order valence-electron chi connectivity index (χ3n) is 2.53. The van der Waals surface area contributed by atoms with Crippen molar-refractivity contribution in [3.05, 3.63) is 48.2 Å². The van der Waals surface area contributed by atoms with E-state index in [1.807, 2.05) is 43.3 Å². The zero-order valence-corrected chi connectivity index (χ0v) is 11.2. The summed E-state index contributed by atoms with van der Waals surface area (Å²) in [4.78, 5) is 8.66. The maximum absolute atomic E-state index is 8.59. The molecule has 20 heavy (non-hydrogen) atoms. The number of rotatable bonds is 5. The van der Waals surface area contributed by atoms with Crippen molar-refractivity contribution < 1.29 is 0 Å². The summed E-state index contributed by atoms with van der Waals surface area (Å²) in [5.74, 6) is 1.22. The summed E-state index contributed by atoms with van der Waals surface area (Å²) in [5, 5.41) is 14.9. The molecule has 0 aliphatic carbocycles. The summed E-state index contributed by atoms with van der Waals surface area (Å²) in [5.41, 5.74) is 1.71. The Labute approximate surface area is 118 Å². The maximum atomic E-state index is 8.59. The highest BCUT2D eigenvalue weighted by Gasteiger charge is 2.04. The van der Waals surface area contributed by atoms with Gasteiger partial charge in [-0.2, -0.15) is 10.2 Å². The van der Waals surface area contributed by atoms with Crippen molar-refractivity contribution in [3.8, 4) is 6.07 Å². The van der Waals surface area contributed by atoms with Gasteiger partial charge in [0.25, 0.3) is 0 Å². The van der Waals surface area contributed by atoms with E-state index < -0.39 is 0 Å². The summed E-state index contributed by atoms with van der Waals surface area (Å²) in [6, 6.07) is 11.7. The predicted octanol–water partition coefficient (Wildman–Crippen LogP) is 3.19. The van der Waals surface area contributed by atoms with Crippen LogP contribution in [0.2, 0.25) is 0 Å². The number of hydrogen-bond acceptors (Lipinski definition) is 5. The first kappa shape index (κ1) is 13.6. The van der Waals surface area contributed by atoms with E-state index in [0.717, 1.165) is 17.8 Å². The molecule has 5 nitrogen and oxygen atoms in total. The van der Waals surface area contributed by atoms with Gasteiger partial charge < -0.3 is 10.6 Å². The van der Waals surface area contributed by atoms with Gasteiger partial charge in [-0.3, -0.25) is 0 Å². The molecule has 1 aromatic carbocycles. The van der Waals surface area contributed by atoms with Crippen LogP contribution in [0.25, 0.3) is 6.08 Å². The Morgan fingerprint density at radius 2 is 2.10 bits per heavy atom. The molecule has 0 atom stereocenters. The minimum atomic E-state index is 0.515. The molecule has 2 N–H and O–H groups in total. The third-order valence-corrected chi connectivity index (χ3v) is 2.53. The molecule has 0 saturated carbocycles. The van der Waals surface area contributed by atoms with Crippen LogP contribution in [0.1, 0.15) is 12.5 Å². The Bertz CT molecular complexity index is 628. The molecule has 0 aliphatic heterocycles. The highest BCUT2D eigenvalue weighted by Crippen LogP contribution is 2.18. The molecule has 5 heteroatoms. The van der Waals surface area contributed by atoms with Crippen molar-refractivity contribution in [2.75, 3.05) is 17.2 Å². The Morgan fingerprint density at radius 3 is 2.80 bits per heavy atom. The van der Waals surface area contributed by atoms with E-state index in [1.54, 1.807) is 12.3 Å². The smallest absolute Gasteiger partial charge is 0.229 e. The van der Waals surface area contributed by atoms with Crippen LogP contribution in [0, 0.1) is 11.3 Å². The quantitative estimate of drug-likeness (QED) is 0.812. The number of para-hydroxylation sites is 1. The molecule has 1 aromatic heterocycles. The molecule has 0 bridgehead atoms. The average Bonchev–Trinajstić information content (AvgIpc) is 2.48. The first-order chi connectivity index (χ1) is 9.83. The number of hydrogen-bond donors (Lipinski definition) is 2. The number of benzene rings is 1. The second-order valence-electron chi connectivity index (χ2n) is 3.98. The van der Waals surface area contributed by atoms with Gasteiger partial charge in [0.15, 0.2) is 0 Å². The number of aromatic nitrogens is 2. The summed E-state index contributed by atoms with van der Waals surface area (Å²) in [6.45, 7) is 2.74. The van der Waals surface area contributed by atoms with E-state index >= 15 is 0 Å². The number of nitrogens with one attached hydrogen (secondary N) is 2. The van der Waals surface area contributed by atoms with Gasteiger partial charge >= 0.3 is 0 Å². The van der Waals surface area contributed by atoms with Gasteiger partial charge in [0, 0.05) is 30.1 Å². The Morgan fingerprint density at radius 1 is 1.30 bits per heavy atom. The van der Waals surface area contributed by atoms with E-state index in [9.17, 15) is 0 Å². The lowest BCUT2D eigenvalue weighted by Crippen LogP contribution is -2.05. The second-order valence-corrected chi connectivity index (χ2v) is 3.98. The van der Waals surface area contributed by atoms with Crippen LogP contribution in [-0.4, -0.2) is 16.5 Å². The van der Waals surface area contributed by atoms with Gasteiger partial charge in [-0.1, -0.05) is 18.2 Å². The van der Waals surface area contributed by atoms with E-state index in [-0.39, 0.29) is 0 Å². The number of allylic oxidation sites excluding steroid dienone is 1. The maximum Gasteiger partial charge on any atom is 0.229 e. The largest absolute Gasteiger partial charge is 0.370 e. The minimum absolute atomic E-state index is 0.515. The standard InChI is InChI=1S/C15H15N5/c1-2-17-14-12(7-6-10-16)11-18-15(20-14)19-13-8-4-3-5-9-13/h3-9,11H,2H2,1H3,(H2,17,18,19,20). The molecular weight excluding hydrogens is 250 g/mol. The van der Waals surface area contributed by atoms with Crippen LogP contribution < -0.4 is 10.6 Å². The van der Waals surface area contributed by atoms with E-state index in [1.165, 1.54) is 6.08 Å². The van der Waals surface area contributed by atoms with Crippen LogP contribution in [0.5, 0.6) is 0 Å². The molecule has 0 unspecified atom stereocenters. The molecule has 0 amide bonds. The highest BCUT2D eigenvalue weighted by molar-refractivity contribution is 5.65. The van der Waals surface area contributed by atoms with Crippen LogP contribution in [0.15, 0.2) is 42.6 Å². The molecule has 2 rings (SSSR count). The summed E-state index contributed by atoms with van der Waals surface area (Å²) < 4.78 is 0. The zero-order valence-electron chi connectivity index (χ0n) is 11.2. The van der Waals surface area contributed by atoms with Gasteiger partial charge in [-0.05, 0) is 25.1 Å². The van der Waals surface area contributed by atoms with Crippen LogP contribution >= 0.6 is 0 Å². The lowest BCUT2D eigenvalue weighted by Gasteiger charge is -2.09. The Balaban J connectivity index is 2.25. The topological polar surface area (TPSA) is 73.6 Å². The molecule has 0 saturated heterocycles. The molecular formula is C15H15N5. The second kappa shape index (κ2) is 6.90. The van der Waals surface area contributed by atoms with Crippen molar-refractivity contribution in [1.82, 2.24) is 9.97 Å². The lowest BCUT2D eigenvalue weighted by atomic mass is 10.3. The number of nitriles is 1. The van der Waals surface area contributed by atoms with Crippen molar-refractivity contribution in [2.45, 2.75) is 6.92 Å². The van der Waals surface area contributed by atoms with Crippen molar-refractivity contribution in [2.24, 2.45) is 0 Å². The summed E-state index contributed by atoms with van der Waals surface area (Å²) in [6.07, 6.45) is 4.78. The normalized spacial score (nSPS) is 10.2. The fourth-order valence-corrected chi connectivity index (χ4v) is 1.66. The van der Waals surface area contributed by atoms with Crippen molar-refractivity contribution in [1.29, 1.82) is 5.26 Å². The summed E-state index contributed by atoms with van der Waals surface area (Å²) >= 11 is 0. The Hall–Kier alpha value is -2.87. The van der Waals surface area contributed by atoms with Crippen molar-refractivity contribution in [3.63, 3.8) is 0 Å². The first-order valence-corrected chi connectivity index (χ1v) is 6.32. The molecule has 0 fully saturated rings. The van der Waals surface area contributed by atoms with Crippen LogP contribution in [0.4, 0.5) is 17.5 Å². The monoisotopic (exact) mass is 265 g/mol. The van der Waals surface area contributed by atoms with E-state index in [2.05, 4.69) is 20.6 Å². The number of anilines is 3. The fourth-order valence-electron chi connectivity index (χ4n) is 1.66. The SMILES string of the molecule is CCNc1nc(Nc2ccccc2)ncc1C=CC#N. The third kappa shape index (κ3) is 3.56. The molecule has 0 radical (unpaired) electrons. The van der Waals surface area contributed by atoms with Crippen molar-refractivity contribution >= 4 is 23.5 Å². The first-order valence-electron chi connectivity index (χ1n) is 6.32. The lowest BCUT2D eigenvalue weighted by molar-refractivity contribution is 1.11. The van der Waals surface area contributed by atoms with Crippen LogP contribution in [-0.2, 0) is 0 Å². The highest BCUT2D eigenvalue weighted by atomic mass is 15.1. The van der Waals surface area contributed by atoms with Gasteiger partial charge in [0.2, 0.25) is 5.95 Å².